The van der Waals surface area contributed by atoms with Gasteiger partial charge in [-0.2, -0.15) is 0 Å². The summed E-state index contributed by atoms with van der Waals surface area (Å²) in [5.74, 6) is -0.200. The number of aryl methyl sites for hydroxylation is 3. The van der Waals surface area contributed by atoms with Crippen molar-refractivity contribution in [1.29, 1.82) is 0 Å². The van der Waals surface area contributed by atoms with E-state index in [4.69, 9.17) is 0 Å². The molecule has 0 radical (unpaired) electrons. The second-order valence-electron chi connectivity index (χ2n) is 7.02. The van der Waals surface area contributed by atoms with Gasteiger partial charge in [0.15, 0.2) is 5.65 Å². The smallest absolute Gasteiger partial charge is 0.278 e. The Morgan fingerprint density at radius 2 is 1.79 bits per heavy atom. The van der Waals surface area contributed by atoms with E-state index >= 15 is 0 Å². The summed E-state index contributed by atoms with van der Waals surface area (Å²) in [5, 5.41) is 2.94. The lowest BCUT2D eigenvalue weighted by atomic mass is 10.1. The second-order valence-corrected chi connectivity index (χ2v) is 7.02. The van der Waals surface area contributed by atoms with Gasteiger partial charge in [0.2, 0.25) is 0 Å². The van der Waals surface area contributed by atoms with Gasteiger partial charge in [0.05, 0.1) is 0 Å². The molecule has 0 saturated heterocycles. The number of fused-ring (bicyclic) bond motifs is 1. The minimum Gasteiger partial charge on any atom is -0.322 e. The van der Waals surface area contributed by atoms with Crippen LogP contribution in [0.2, 0.25) is 0 Å². The number of benzene rings is 2. The number of hydrogen-bond acceptors (Lipinski definition) is 4. The molecule has 2 aromatic heterocycles. The molecule has 2 aromatic carbocycles. The standard InChI is InChI=1S/C23H20N4O2/c1-14-6-7-15(2)19(13-14)26-22(28)17-10-8-16(9-11-17)20-23(29)27(3)21-18(25-20)5-4-12-24-21/h4-13H,1-3H3,(H,26,28). The van der Waals surface area contributed by atoms with Crippen LogP contribution in [0.15, 0.2) is 65.6 Å². The Hall–Kier alpha value is -3.80. The molecule has 6 nitrogen and oxygen atoms in total. The minimum atomic E-state index is -0.233. The molecule has 0 aliphatic rings. The Morgan fingerprint density at radius 3 is 2.55 bits per heavy atom. The molecule has 6 heteroatoms. The third kappa shape index (κ3) is 3.52. The zero-order valence-corrected chi connectivity index (χ0v) is 16.4. The summed E-state index contributed by atoms with van der Waals surface area (Å²) in [6, 6.07) is 16.4. The van der Waals surface area contributed by atoms with Crippen molar-refractivity contribution in [3.05, 3.63) is 87.8 Å². The first-order valence-electron chi connectivity index (χ1n) is 9.25. The van der Waals surface area contributed by atoms with Gasteiger partial charge < -0.3 is 5.32 Å². The zero-order valence-electron chi connectivity index (χ0n) is 16.4. The largest absolute Gasteiger partial charge is 0.322 e. The van der Waals surface area contributed by atoms with Gasteiger partial charge >= 0.3 is 0 Å². The monoisotopic (exact) mass is 384 g/mol. The van der Waals surface area contributed by atoms with E-state index in [1.54, 1.807) is 43.6 Å². The molecule has 0 fully saturated rings. The zero-order chi connectivity index (χ0) is 20.5. The van der Waals surface area contributed by atoms with Gasteiger partial charge in [-0.3, -0.25) is 14.2 Å². The summed E-state index contributed by atoms with van der Waals surface area (Å²) >= 11 is 0. The number of anilines is 1. The molecule has 4 rings (SSSR count). The van der Waals surface area contributed by atoms with Gasteiger partial charge in [-0.1, -0.05) is 24.3 Å². The van der Waals surface area contributed by atoms with Crippen LogP contribution in [0.5, 0.6) is 0 Å². The SMILES string of the molecule is Cc1ccc(C)c(NC(=O)c2ccc(-c3nc4cccnc4n(C)c3=O)cc2)c1. The molecule has 0 aliphatic carbocycles. The molecule has 0 aliphatic heterocycles. The Morgan fingerprint density at radius 1 is 1.03 bits per heavy atom. The number of pyridine rings is 1. The highest BCUT2D eigenvalue weighted by molar-refractivity contribution is 6.04. The van der Waals surface area contributed by atoms with E-state index in [9.17, 15) is 9.59 Å². The first kappa shape index (κ1) is 18.6. The molecule has 0 bridgehead atoms. The van der Waals surface area contributed by atoms with Gasteiger partial charge in [0.25, 0.3) is 11.5 Å². The highest BCUT2D eigenvalue weighted by Crippen LogP contribution is 2.20. The highest BCUT2D eigenvalue weighted by Gasteiger charge is 2.13. The molecule has 1 amide bonds. The molecule has 2 heterocycles. The Labute approximate surface area is 167 Å². The summed E-state index contributed by atoms with van der Waals surface area (Å²) in [6.45, 7) is 3.94. The Bertz CT molecular complexity index is 1290. The van der Waals surface area contributed by atoms with E-state index in [0.717, 1.165) is 16.8 Å². The van der Waals surface area contributed by atoms with E-state index in [0.29, 0.717) is 28.0 Å². The molecule has 144 valence electrons. The summed E-state index contributed by atoms with van der Waals surface area (Å²) in [4.78, 5) is 34.0. The maximum absolute atomic E-state index is 12.7. The van der Waals surface area contributed by atoms with Crippen LogP contribution < -0.4 is 10.9 Å². The van der Waals surface area contributed by atoms with Crippen LogP contribution in [-0.2, 0) is 7.05 Å². The van der Waals surface area contributed by atoms with Gasteiger partial charge in [-0.05, 0) is 55.3 Å². The van der Waals surface area contributed by atoms with E-state index in [2.05, 4.69) is 15.3 Å². The van der Waals surface area contributed by atoms with Gasteiger partial charge in [-0.15, -0.1) is 0 Å². The van der Waals surface area contributed by atoms with E-state index in [-0.39, 0.29) is 11.5 Å². The van der Waals surface area contributed by atoms with Crippen molar-refractivity contribution in [2.75, 3.05) is 5.32 Å². The molecule has 0 atom stereocenters. The molecule has 0 spiro atoms. The molecule has 29 heavy (non-hydrogen) atoms. The maximum Gasteiger partial charge on any atom is 0.278 e. The summed E-state index contributed by atoms with van der Waals surface area (Å²) in [6.07, 6.45) is 1.63. The van der Waals surface area contributed by atoms with Crippen molar-refractivity contribution >= 4 is 22.8 Å². The second kappa shape index (κ2) is 7.31. The average molecular weight is 384 g/mol. The van der Waals surface area contributed by atoms with Crippen LogP contribution in [0.4, 0.5) is 5.69 Å². The van der Waals surface area contributed by atoms with Crippen LogP contribution >= 0.6 is 0 Å². The van der Waals surface area contributed by atoms with Crippen molar-refractivity contribution in [2.24, 2.45) is 7.05 Å². The van der Waals surface area contributed by atoms with Crippen molar-refractivity contribution in [3.8, 4) is 11.3 Å². The topological polar surface area (TPSA) is 76.9 Å². The van der Waals surface area contributed by atoms with Crippen LogP contribution in [0.25, 0.3) is 22.4 Å². The summed E-state index contributed by atoms with van der Waals surface area (Å²) in [7, 11) is 1.68. The van der Waals surface area contributed by atoms with E-state index < -0.39 is 0 Å². The minimum absolute atomic E-state index is 0.200. The number of rotatable bonds is 3. The molecule has 4 aromatic rings. The average Bonchev–Trinajstić information content (AvgIpc) is 2.73. The van der Waals surface area contributed by atoms with Gasteiger partial charge in [0.1, 0.15) is 11.2 Å². The number of nitrogens with one attached hydrogen (secondary N) is 1. The van der Waals surface area contributed by atoms with Crippen LogP contribution in [0, 0.1) is 13.8 Å². The molecule has 0 unspecified atom stereocenters. The number of hydrogen-bond donors (Lipinski definition) is 1. The number of aromatic nitrogens is 3. The lowest BCUT2D eigenvalue weighted by Crippen LogP contribution is -2.21. The number of nitrogens with zero attached hydrogens (tertiary/aromatic N) is 3. The molecule has 1 N–H and O–H groups in total. The first-order valence-corrected chi connectivity index (χ1v) is 9.25. The lowest BCUT2D eigenvalue weighted by molar-refractivity contribution is 0.102. The quantitative estimate of drug-likeness (QED) is 0.582. The fraction of sp³-hybridized carbons (Fsp3) is 0.130. The van der Waals surface area contributed by atoms with Gasteiger partial charge in [-0.25, -0.2) is 9.97 Å². The first-order chi connectivity index (χ1) is 13.9. The van der Waals surface area contributed by atoms with Crippen molar-refractivity contribution < 1.29 is 4.79 Å². The van der Waals surface area contributed by atoms with Crippen molar-refractivity contribution in [2.45, 2.75) is 13.8 Å². The third-order valence-corrected chi connectivity index (χ3v) is 4.89. The predicted molar refractivity (Wildman–Crippen MR) is 114 cm³/mol. The van der Waals surface area contributed by atoms with Crippen LogP contribution in [0.3, 0.4) is 0 Å². The normalized spacial score (nSPS) is 10.9. The predicted octanol–water partition coefficient (Wildman–Crippen LogP) is 3.86. The number of carbonyl (C=O) groups excluding carboxylic acids is 1. The molecular weight excluding hydrogens is 364 g/mol. The fourth-order valence-corrected chi connectivity index (χ4v) is 3.19. The highest BCUT2D eigenvalue weighted by atomic mass is 16.1. The molecule has 0 saturated carbocycles. The van der Waals surface area contributed by atoms with Crippen LogP contribution in [-0.4, -0.2) is 20.4 Å². The maximum atomic E-state index is 12.7. The summed E-state index contributed by atoms with van der Waals surface area (Å²) in [5.41, 5.74) is 5.29. The summed E-state index contributed by atoms with van der Waals surface area (Å²) < 4.78 is 1.48. The Kier molecular flexibility index (Phi) is 4.68. The van der Waals surface area contributed by atoms with Gasteiger partial charge in [0, 0.05) is 30.1 Å². The van der Waals surface area contributed by atoms with Crippen LogP contribution in [0.1, 0.15) is 21.5 Å². The van der Waals surface area contributed by atoms with E-state index in [1.165, 1.54) is 4.57 Å². The fourth-order valence-electron chi connectivity index (χ4n) is 3.19. The number of carbonyl (C=O) groups is 1. The lowest BCUT2D eigenvalue weighted by Gasteiger charge is -2.10. The Balaban J connectivity index is 1.65. The van der Waals surface area contributed by atoms with E-state index in [1.807, 2.05) is 38.1 Å². The molecular formula is C23H20N4O2. The van der Waals surface area contributed by atoms with Crippen molar-refractivity contribution in [1.82, 2.24) is 14.5 Å². The number of amides is 1. The third-order valence-electron chi connectivity index (χ3n) is 4.89. The van der Waals surface area contributed by atoms with Crippen molar-refractivity contribution in [3.63, 3.8) is 0 Å².